The Balaban J connectivity index is 3.27. The molecular weight excluding hydrogens is 236 g/mol. The number of Topliss-reactive ketones (excluding diaryl/α,β-unsaturated/α-hetero) is 1. The van der Waals surface area contributed by atoms with Crippen LogP contribution in [0.3, 0.4) is 0 Å². The minimum atomic E-state index is -3.46. The molecule has 1 aromatic rings. The summed E-state index contributed by atoms with van der Waals surface area (Å²) in [7, 11) is -3.46. The van der Waals surface area contributed by atoms with Gasteiger partial charge in [0.15, 0.2) is 15.6 Å². The van der Waals surface area contributed by atoms with Gasteiger partial charge < -0.3 is 0 Å². The molecule has 0 fully saturated rings. The summed E-state index contributed by atoms with van der Waals surface area (Å²) in [6.07, 6.45) is 1.40. The van der Waals surface area contributed by atoms with Crippen LogP contribution in [-0.2, 0) is 9.84 Å². The summed E-state index contributed by atoms with van der Waals surface area (Å²) >= 11 is 0. The fourth-order valence-electron chi connectivity index (χ4n) is 1.28. The molecule has 0 spiro atoms. The number of sulfone groups is 1. The fourth-order valence-corrected chi connectivity index (χ4v) is 2.60. The Kier molecular flexibility index (Phi) is 3.57. The van der Waals surface area contributed by atoms with E-state index in [1.807, 2.05) is 0 Å². The van der Waals surface area contributed by atoms with Crippen LogP contribution >= 0.6 is 0 Å². The molecule has 0 atom stereocenters. The lowest BCUT2D eigenvalue weighted by molar-refractivity contribution is 0.101. The highest BCUT2D eigenvalue weighted by Gasteiger charge is 2.32. The van der Waals surface area contributed by atoms with Gasteiger partial charge >= 0.3 is 0 Å². The average molecular weight is 252 g/mol. The maximum atomic E-state index is 12.2. The second-order valence-corrected chi connectivity index (χ2v) is 6.92. The molecule has 17 heavy (non-hydrogen) atoms. The van der Waals surface area contributed by atoms with Crippen molar-refractivity contribution in [3.05, 3.63) is 42.5 Å². The van der Waals surface area contributed by atoms with Crippen LogP contribution in [0.2, 0.25) is 0 Å². The van der Waals surface area contributed by atoms with Gasteiger partial charge in [-0.05, 0) is 32.9 Å². The maximum absolute atomic E-state index is 12.2. The second-order valence-electron chi connectivity index (χ2n) is 4.39. The van der Waals surface area contributed by atoms with E-state index < -0.39 is 14.6 Å². The Bertz CT molecular complexity index is 537. The zero-order chi connectivity index (χ0) is 13.3. The van der Waals surface area contributed by atoms with Gasteiger partial charge in [0, 0.05) is 5.56 Å². The normalized spacial score (nSPS) is 12.2. The van der Waals surface area contributed by atoms with E-state index in [-0.39, 0.29) is 10.7 Å². The Morgan fingerprint density at radius 1 is 1.24 bits per heavy atom. The maximum Gasteiger partial charge on any atom is 0.187 e. The molecule has 1 aromatic carbocycles. The lowest BCUT2D eigenvalue weighted by Gasteiger charge is -2.20. The van der Waals surface area contributed by atoms with E-state index in [0.29, 0.717) is 5.56 Å². The van der Waals surface area contributed by atoms with E-state index >= 15 is 0 Å². The molecule has 0 aliphatic carbocycles. The first-order valence-electron chi connectivity index (χ1n) is 5.21. The van der Waals surface area contributed by atoms with Crippen LogP contribution in [-0.4, -0.2) is 18.9 Å². The predicted molar refractivity (Wildman–Crippen MR) is 67.9 cm³/mol. The zero-order valence-corrected chi connectivity index (χ0v) is 11.0. The SMILES string of the molecule is C=CC(C)(C)S(=O)(=O)c1ccc(C(C)=O)cc1. The Morgan fingerprint density at radius 2 is 1.71 bits per heavy atom. The van der Waals surface area contributed by atoms with Crippen LogP contribution in [0.5, 0.6) is 0 Å². The van der Waals surface area contributed by atoms with Gasteiger partial charge in [-0.3, -0.25) is 4.79 Å². The molecule has 0 saturated heterocycles. The summed E-state index contributed by atoms with van der Waals surface area (Å²) in [6.45, 7) is 8.16. The molecule has 1 rings (SSSR count). The highest BCUT2D eigenvalue weighted by molar-refractivity contribution is 7.93. The summed E-state index contributed by atoms with van der Waals surface area (Å²) in [5.74, 6) is -0.0862. The first-order valence-corrected chi connectivity index (χ1v) is 6.70. The largest absolute Gasteiger partial charge is 0.295 e. The van der Waals surface area contributed by atoms with E-state index in [9.17, 15) is 13.2 Å². The lowest BCUT2D eigenvalue weighted by atomic mass is 10.2. The summed E-state index contributed by atoms with van der Waals surface area (Å²) in [4.78, 5) is 11.3. The molecule has 0 heterocycles. The number of benzene rings is 1. The van der Waals surface area contributed by atoms with Crippen molar-refractivity contribution in [1.29, 1.82) is 0 Å². The first kappa shape index (κ1) is 13.6. The molecule has 3 nitrogen and oxygen atoms in total. The van der Waals surface area contributed by atoms with Crippen molar-refractivity contribution in [3.8, 4) is 0 Å². The van der Waals surface area contributed by atoms with Crippen molar-refractivity contribution in [2.24, 2.45) is 0 Å². The van der Waals surface area contributed by atoms with E-state index in [1.54, 1.807) is 13.8 Å². The molecule has 0 unspecified atom stereocenters. The molecule has 0 saturated carbocycles. The summed E-state index contributed by atoms with van der Waals surface area (Å²) in [5, 5.41) is 0. The topological polar surface area (TPSA) is 51.2 Å². The lowest BCUT2D eigenvalue weighted by Crippen LogP contribution is -2.29. The van der Waals surface area contributed by atoms with Gasteiger partial charge in [-0.1, -0.05) is 18.2 Å². The predicted octanol–water partition coefficient (Wildman–Crippen LogP) is 2.63. The molecular formula is C13H16O3S. The Hall–Kier alpha value is -1.42. The third-order valence-corrected chi connectivity index (χ3v) is 5.20. The standard InChI is InChI=1S/C13H16O3S/c1-5-13(3,4)17(15,16)12-8-6-11(7-9-12)10(2)14/h5-9H,1H2,2-4H3. The van der Waals surface area contributed by atoms with Crippen molar-refractivity contribution < 1.29 is 13.2 Å². The van der Waals surface area contributed by atoms with Crippen molar-refractivity contribution in [1.82, 2.24) is 0 Å². The van der Waals surface area contributed by atoms with Crippen molar-refractivity contribution in [3.63, 3.8) is 0 Å². The van der Waals surface area contributed by atoms with E-state index in [2.05, 4.69) is 6.58 Å². The second kappa shape index (κ2) is 4.45. The van der Waals surface area contributed by atoms with Crippen molar-refractivity contribution in [2.45, 2.75) is 30.4 Å². The van der Waals surface area contributed by atoms with Gasteiger partial charge in [-0.15, -0.1) is 6.58 Å². The minimum Gasteiger partial charge on any atom is -0.295 e. The number of hydrogen-bond acceptors (Lipinski definition) is 3. The van der Waals surface area contributed by atoms with Crippen molar-refractivity contribution in [2.75, 3.05) is 0 Å². The van der Waals surface area contributed by atoms with Crippen molar-refractivity contribution >= 4 is 15.6 Å². The number of ketones is 1. The number of hydrogen-bond donors (Lipinski definition) is 0. The van der Waals surface area contributed by atoms with Crippen LogP contribution in [0.1, 0.15) is 31.1 Å². The highest BCUT2D eigenvalue weighted by Crippen LogP contribution is 2.26. The Morgan fingerprint density at radius 3 is 2.06 bits per heavy atom. The van der Waals surface area contributed by atoms with Crippen LogP contribution in [0.15, 0.2) is 41.8 Å². The molecule has 0 aliphatic rings. The number of carbonyl (C=O) groups excluding carboxylic acids is 1. The molecule has 0 bridgehead atoms. The molecule has 0 radical (unpaired) electrons. The molecule has 0 N–H and O–H groups in total. The van der Waals surface area contributed by atoms with Gasteiger partial charge in [0.1, 0.15) is 0 Å². The third kappa shape index (κ3) is 2.47. The van der Waals surface area contributed by atoms with E-state index in [0.717, 1.165) is 0 Å². The monoisotopic (exact) mass is 252 g/mol. The molecule has 4 heteroatoms. The summed E-state index contributed by atoms with van der Waals surface area (Å²) in [6, 6.07) is 5.96. The first-order chi connectivity index (χ1) is 7.72. The Labute approximate surface area is 102 Å². The summed E-state index contributed by atoms with van der Waals surface area (Å²) in [5.41, 5.74) is 0.500. The van der Waals surface area contributed by atoms with Gasteiger partial charge in [-0.25, -0.2) is 8.42 Å². The number of carbonyl (C=O) groups is 1. The van der Waals surface area contributed by atoms with Crippen LogP contribution in [0.4, 0.5) is 0 Å². The average Bonchev–Trinajstić information content (AvgIpc) is 2.28. The van der Waals surface area contributed by atoms with Crippen LogP contribution < -0.4 is 0 Å². The van der Waals surface area contributed by atoms with Crippen LogP contribution in [0, 0.1) is 0 Å². The number of rotatable bonds is 4. The minimum absolute atomic E-state index is 0.0862. The smallest absolute Gasteiger partial charge is 0.187 e. The molecule has 0 amide bonds. The van der Waals surface area contributed by atoms with Gasteiger partial charge in [0.05, 0.1) is 9.64 Å². The van der Waals surface area contributed by atoms with Crippen LogP contribution in [0.25, 0.3) is 0 Å². The summed E-state index contributed by atoms with van der Waals surface area (Å²) < 4.78 is 23.4. The van der Waals surface area contributed by atoms with Gasteiger partial charge in [0.2, 0.25) is 0 Å². The van der Waals surface area contributed by atoms with E-state index in [1.165, 1.54) is 37.3 Å². The quantitative estimate of drug-likeness (QED) is 0.611. The fraction of sp³-hybridized carbons (Fsp3) is 0.308. The zero-order valence-electron chi connectivity index (χ0n) is 10.2. The molecule has 0 aliphatic heterocycles. The van der Waals surface area contributed by atoms with Gasteiger partial charge in [-0.2, -0.15) is 0 Å². The van der Waals surface area contributed by atoms with Gasteiger partial charge in [0.25, 0.3) is 0 Å². The third-order valence-electron chi connectivity index (χ3n) is 2.76. The molecule has 92 valence electrons. The van der Waals surface area contributed by atoms with E-state index in [4.69, 9.17) is 0 Å². The highest BCUT2D eigenvalue weighted by atomic mass is 32.2. The molecule has 0 aromatic heterocycles.